The SMILES string of the molecule is O=C(O)CC1COCCN1C(=O)NCCN1CCSCC1. The van der Waals surface area contributed by atoms with Crippen molar-refractivity contribution < 1.29 is 19.4 Å². The van der Waals surface area contributed by atoms with Crippen LogP contribution in [0.2, 0.25) is 0 Å². The summed E-state index contributed by atoms with van der Waals surface area (Å²) < 4.78 is 5.27. The van der Waals surface area contributed by atoms with Gasteiger partial charge < -0.3 is 20.1 Å². The molecule has 0 spiro atoms. The summed E-state index contributed by atoms with van der Waals surface area (Å²) >= 11 is 1.96. The smallest absolute Gasteiger partial charge is 0.317 e. The molecule has 2 rings (SSSR count). The second-order valence-electron chi connectivity index (χ2n) is 5.21. The van der Waals surface area contributed by atoms with Crippen LogP contribution < -0.4 is 5.32 Å². The van der Waals surface area contributed by atoms with Gasteiger partial charge in [0.1, 0.15) is 0 Å². The molecule has 2 fully saturated rings. The largest absolute Gasteiger partial charge is 0.481 e. The first-order valence-electron chi connectivity index (χ1n) is 7.31. The number of carboxylic acid groups (broad SMARTS) is 1. The second-order valence-corrected chi connectivity index (χ2v) is 6.43. The van der Waals surface area contributed by atoms with Crippen LogP contribution in [-0.4, -0.2) is 90.4 Å². The third-order valence-electron chi connectivity index (χ3n) is 3.71. The van der Waals surface area contributed by atoms with E-state index in [1.165, 1.54) is 0 Å². The van der Waals surface area contributed by atoms with Crippen LogP contribution in [0.25, 0.3) is 0 Å². The minimum Gasteiger partial charge on any atom is -0.481 e. The van der Waals surface area contributed by atoms with E-state index >= 15 is 0 Å². The van der Waals surface area contributed by atoms with Gasteiger partial charge >= 0.3 is 12.0 Å². The molecule has 2 aliphatic rings. The van der Waals surface area contributed by atoms with Crippen LogP contribution in [0.15, 0.2) is 0 Å². The van der Waals surface area contributed by atoms with E-state index in [2.05, 4.69) is 10.2 Å². The number of nitrogens with zero attached hydrogens (tertiary/aromatic N) is 2. The molecule has 0 radical (unpaired) electrons. The number of amides is 2. The Morgan fingerprint density at radius 2 is 2.05 bits per heavy atom. The molecule has 120 valence electrons. The molecule has 0 aliphatic carbocycles. The molecule has 2 heterocycles. The van der Waals surface area contributed by atoms with Crippen LogP contribution in [-0.2, 0) is 9.53 Å². The lowest BCUT2D eigenvalue weighted by atomic mass is 10.1. The van der Waals surface area contributed by atoms with Gasteiger partial charge in [0.15, 0.2) is 0 Å². The molecule has 8 heteroatoms. The zero-order valence-corrected chi connectivity index (χ0v) is 12.9. The molecule has 1 unspecified atom stereocenters. The van der Waals surface area contributed by atoms with E-state index in [4.69, 9.17) is 9.84 Å². The number of carbonyl (C=O) groups excluding carboxylic acids is 1. The van der Waals surface area contributed by atoms with E-state index < -0.39 is 5.97 Å². The summed E-state index contributed by atoms with van der Waals surface area (Å²) in [6.45, 7) is 4.79. The first kappa shape index (κ1) is 16.4. The molecule has 2 saturated heterocycles. The number of carbonyl (C=O) groups is 2. The average molecular weight is 317 g/mol. The molecule has 0 bridgehead atoms. The van der Waals surface area contributed by atoms with Crippen molar-refractivity contribution in [2.75, 3.05) is 57.4 Å². The van der Waals surface area contributed by atoms with E-state index in [1.54, 1.807) is 4.90 Å². The highest BCUT2D eigenvalue weighted by Crippen LogP contribution is 2.11. The Morgan fingerprint density at radius 1 is 1.29 bits per heavy atom. The molecule has 21 heavy (non-hydrogen) atoms. The first-order chi connectivity index (χ1) is 10.2. The van der Waals surface area contributed by atoms with Gasteiger partial charge in [0, 0.05) is 44.2 Å². The van der Waals surface area contributed by atoms with Crippen LogP contribution in [0.4, 0.5) is 4.79 Å². The number of hydrogen-bond donors (Lipinski definition) is 2. The number of ether oxygens (including phenoxy) is 1. The fraction of sp³-hybridized carbons (Fsp3) is 0.846. The van der Waals surface area contributed by atoms with Crippen LogP contribution in [0.5, 0.6) is 0 Å². The molecular weight excluding hydrogens is 294 g/mol. The maximum Gasteiger partial charge on any atom is 0.317 e. The van der Waals surface area contributed by atoms with Crippen molar-refractivity contribution in [1.82, 2.24) is 15.1 Å². The molecule has 2 N–H and O–H groups in total. The molecule has 7 nitrogen and oxygen atoms in total. The zero-order valence-electron chi connectivity index (χ0n) is 12.1. The number of nitrogens with one attached hydrogen (secondary N) is 1. The minimum absolute atomic E-state index is 0.0727. The van der Waals surface area contributed by atoms with Gasteiger partial charge in [0.2, 0.25) is 0 Å². The quantitative estimate of drug-likeness (QED) is 0.738. The minimum atomic E-state index is -0.908. The topological polar surface area (TPSA) is 82.1 Å². The monoisotopic (exact) mass is 317 g/mol. The summed E-state index contributed by atoms with van der Waals surface area (Å²) in [7, 11) is 0. The van der Waals surface area contributed by atoms with Gasteiger partial charge in [-0.05, 0) is 0 Å². The first-order valence-corrected chi connectivity index (χ1v) is 8.46. The zero-order chi connectivity index (χ0) is 15.1. The lowest BCUT2D eigenvalue weighted by molar-refractivity contribution is -0.139. The maximum absolute atomic E-state index is 12.2. The lowest BCUT2D eigenvalue weighted by Gasteiger charge is -2.35. The number of aliphatic carboxylic acids is 1. The average Bonchev–Trinajstić information content (AvgIpc) is 2.48. The predicted octanol–water partition coefficient (Wildman–Crippen LogP) is -0.0797. The summed E-state index contributed by atoms with van der Waals surface area (Å²) in [5.74, 6) is 1.39. The Kier molecular flexibility index (Phi) is 6.59. The number of urea groups is 1. The number of thioether (sulfide) groups is 1. The highest BCUT2D eigenvalue weighted by molar-refractivity contribution is 7.99. The molecular formula is C13H23N3O4S. The maximum atomic E-state index is 12.2. The van der Waals surface area contributed by atoms with Gasteiger partial charge in [-0.15, -0.1) is 0 Å². The second kappa shape index (κ2) is 8.45. The summed E-state index contributed by atoms with van der Waals surface area (Å²) in [5.41, 5.74) is 0. The summed E-state index contributed by atoms with van der Waals surface area (Å²) in [6, 6.07) is -0.557. The molecule has 0 saturated carbocycles. The van der Waals surface area contributed by atoms with E-state index in [9.17, 15) is 9.59 Å². The fourth-order valence-electron chi connectivity index (χ4n) is 2.54. The van der Waals surface area contributed by atoms with Crippen LogP contribution >= 0.6 is 11.8 Å². The molecule has 1 atom stereocenters. The third-order valence-corrected chi connectivity index (χ3v) is 4.65. The summed E-state index contributed by atoms with van der Waals surface area (Å²) in [4.78, 5) is 26.9. The number of hydrogen-bond acceptors (Lipinski definition) is 5. The van der Waals surface area contributed by atoms with E-state index in [-0.39, 0.29) is 18.5 Å². The Hall–Kier alpha value is -0.990. The Morgan fingerprint density at radius 3 is 2.76 bits per heavy atom. The van der Waals surface area contributed by atoms with Crippen LogP contribution in [0, 0.1) is 0 Å². The standard InChI is InChI=1S/C13H23N3O4S/c17-12(18)9-11-10-20-6-3-16(11)13(19)14-1-2-15-4-7-21-8-5-15/h11H,1-10H2,(H,14,19)(H,17,18). The molecule has 0 aromatic heterocycles. The number of carboxylic acids is 1. The lowest BCUT2D eigenvalue weighted by Crippen LogP contribution is -2.54. The van der Waals surface area contributed by atoms with Gasteiger partial charge in [-0.1, -0.05) is 0 Å². The van der Waals surface area contributed by atoms with Gasteiger partial charge in [0.05, 0.1) is 25.7 Å². The molecule has 2 amide bonds. The van der Waals surface area contributed by atoms with Crippen molar-refractivity contribution in [3.05, 3.63) is 0 Å². The number of morpholine rings is 1. The van der Waals surface area contributed by atoms with Crippen LogP contribution in [0.1, 0.15) is 6.42 Å². The molecule has 0 aromatic carbocycles. The fourth-order valence-corrected chi connectivity index (χ4v) is 3.52. The van der Waals surface area contributed by atoms with Crippen molar-refractivity contribution in [3.8, 4) is 0 Å². The van der Waals surface area contributed by atoms with Crippen molar-refractivity contribution >= 4 is 23.8 Å². The van der Waals surface area contributed by atoms with Gasteiger partial charge in [0.25, 0.3) is 0 Å². The van der Waals surface area contributed by atoms with Gasteiger partial charge in [-0.2, -0.15) is 11.8 Å². The van der Waals surface area contributed by atoms with Gasteiger partial charge in [-0.25, -0.2) is 4.79 Å². The third kappa shape index (κ3) is 5.37. The normalized spacial score (nSPS) is 23.8. The van der Waals surface area contributed by atoms with Gasteiger partial charge in [-0.3, -0.25) is 9.69 Å². The highest BCUT2D eigenvalue weighted by atomic mass is 32.2. The van der Waals surface area contributed by atoms with E-state index in [0.29, 0.717) is 26.3 Å². The van der Waals surface area contributed by atoms with Crippen molar-refractivity contribution in [2.24, 2.45) is 0 Å². The summed E-state index contributed by atoms with van der Waals surface area (Å²) in [6.07, 6.45) is -0.0727. The van der Waals surface area contributed by atoms with E-state index in [1.807, 2.05) is 11.8 Å². The predicted molar refractivity (Wildman–Crippen MR) is 80.7 cm³/mol. The Labute approximate surface area is 129 Å². The highest BCUT2D eigenvalue weighted by Gasteiger charge is 2.29. The van der Waals surface area contributed by atoms with E-state index in [0.717, 1.165) is 31.1 Å². The van der Waals surface area contributed by atoms with Crippen molar-refractivity contribution in [3.63, 3.8) is 0 Å². The molecule has 0 aromatic rings. The number of rotatable bonds is 5. The Balaban J connectivity index is 1.73. The van der Waals surface area contributed by atoms with Crippen LogP contribution in [0.3, 0.4) is 0 Å². The molecule has 2 aliphatic heterocycles. The summed E-state index contributed by atoms with van der Waals surface area (Å²) in [5, 5.41) is 11.8. The van der Waals surface area contributed by atoms with Crippen molar-refractivity contribution in [2.45, 2.75) is 12.5 Å². The van der Waals surface area contributed by atoms with Crippen molar-refractivity contribution in [1.29, 1.82) is 0 Å². The Bertz CT molecular complexity index is 363.